The number of nitro benzene ring substituents is 2. The lowest BCUT2D eigenvalue weighted by Gasteiger charge is -2.07. The van der Waals surface area contributed by atoms with Crippen molar-refractivity contribution >= 4 is 34.7 Å². The van der Waals surface area contributed by atoms with Crippen molar-refractivity contribution in [1.82, 2.24) is 10.2 Å². The number of aromatic nitrogens is 2. The summed E-state index contributed by atoms with van der Waals surface area (Å²) in [6, 6.07) is 10.3. The Hall–Kier alpha value is -3.80. The smallest absolute Gasteiger partial charge is 0.282 e. The monoisotopic (exact) mass is 415 g/mol. The van der Waals surface area contributed by atoms with E-state index in [1.54, 1.807) is 12.1 Å². The van der Waals surface area contributed by atoms with Crippen molar-refractivity contribution in [2.45, 2.75) is 12.1 Å². The van der Waals surface area contributed by atoms with Crippen LogP contribution in [0.1, 0.15) is 5.56 Å². The second-order valence-corrected chi connectivity index (χ2v) is 6.62. The van der Waals surface area contributed by atoms with Gasteiger partial charge in [0.1, 0.15) is 5.56 Å². The number of nitrogens with zero attached hydrogens (tertiary/aromatic N) is 4. The fourth-order valence-electron chi connectivity index (χ4n) is 2.46. The van der Waals surface area contributed by atoms with Crippen LogP contribution in [-0.4, -0.2) is 31.7 Å². The predicted molar refractivity (Wildman–Crippen MR) is 104 cm³/mol. The molecule has 0 aliphatic carbocycles. The molecule has 0 saturated heterocycles. The van der Waals surface area contributed by atoms with E-state index in [-0.39, 0.29) is 33.8 Å². The number of nitrogens with one attached hydrogen (secondary N) is 1. The van der Waals surface area contributed by atoms with Crippen LogP contribution in [0.25, 0.3) is 11.5 Å². The lowest BCUT2D eigenvalue weighted by atomic mass is 10.1. The van der Waals surface area contributed by atoms with E-state index in [9.17, 15) is 25.0 Å². The minimum Gasteiger partial charge on any atom is -0.411 e. The lowest BCUT2D eigenvalue weighted by Crippen LogP contribution is -2.15. The van der Waals surface area contributed by atoms with E-state index in [1.165, 1.54) is 37.3 Å². The summed E-state index contributed by atoms with van der Waals surface area (Å²) in [6.07, 6.45) is 0. The second-order valence-electron chi connectivity index (χ2n) is 5.69. The van der Waals surface area contributed by atoms with Gasteiger partial charge in [-0.1, -0.05) is 30.0 Å². The highest BCUT2D eigenvalue weighted by atomic mass is 32.2. The summed E-state index contributed by atoms with van der Waals surface area (Å²) in [7, 11) is 0. The van der Waals surface area contributed by atoms with Crippen molar-refractivity contribution < 1.29 is 19.1 Å². The number of carbonyl (C=O) groups is 1. The van der Waals surface area contributed by atoms with Gasteiger partial charge in [-0.3, -0.25) is 25.0 Å². The maximum absolute atomic E-state index is 12.2. The fourth-order valence-corrected chi connectivity index (χ4v) is 3.02. The molecule has 0 spiro atoms. The molecule has 12 heteroatoms. The molecule has 0 saturated carbocycles. The van der Waals surface area contributed by atoms with Crippen LogP contribution in [0.4, 0.5) is 17.1 Å². The molecule has 0 radical (unpaired) electrons. The molecule has 0 bridgehead atoms. The molecule has 3 aromatic rings. The Labute approximate surface area is 167 Å². The van der Waals surface area contributed by atoms with Crippen LogP contribution < -0.4 is 5.32 Å². The molecule has 11 nitrogen and oxygen atoms in total. The average molecular weight is 415 g/mol. The van der Waals surface area contributed by atoms with Crippen molar-refractivity contribution in [1.29, 1.82) is 0 Å². The fraction of sp³-hybridized carbons (Fsp3) is 0.118. The molecule has 0 atom stereocenters. The number of carbonyl (C=O) groups excluding carboxylic acids is 1. The highest BCUT2D eigenvalue weighted by molar-refractivity contribution is 7.99. The van der Waals surface area contributed by atoms with Gasteiger partial charge >= 0.3 is 0 Å². The number of benzene rings is 2. The number of nitro groups is 2. The van der Waals surface area contributed by atoms with E-state index in [2.05, 4.69) is 15.5 Å². The van der Waals surface area contributed by atoms with Crippen molar-refractivity contribution in [3.63, 3.8) is 0 Å². The second kappa shape index (κ2) is 8.48. The zero-order chi connectivity index (χ0) is 21.0. The normalized spacial score (nSPS) is 10.5. The SMILES string of the molecule is Cc1c(NC(=O)CSc2nnc(-c3ccccc3[N+](=O)[O-])o2)cccc1[N+](=O)[O-]. The maximum Gasteiger partial charge on any atom is 0.282 e. The Morgan fingerprint density at radius 1 is 1.07 bits per heavy atom. The Morgan fingerprint density at radius 3 is 2.48 bits per heavy atom. The molecule has 0 fully saturated rings. The van der Waals surface area contributed by atoms with Gasteiger partial charge in [0, 0.05) is 12.1 Å². The van der Waals surface area contributed by atoms with Crippen molar-refractivity contribution in [3.8, 4) is 11.5 Å². The molecule has 0 unspecified atom stereocenters. The first-order chi connectivity index (χ1) is 13.9. The number of hydrogen-bond donors (Lipinski definition) is 1. The highest BCUT2D eigenvalue weighted by Crippen LogP contribution is 2.30. The van der Waals surface area contributed by atoms with Crippen LogP contribution in [0.2, 0.25) is 0 Å². The summed E-state index contributed by atoms with van der Waals surface area (Å²) in [5, 5.41) is 32.3. The summed E-state index contributed by atoms with van der Waals surface area (Å²) in [5.74, 6) is -0.556. The zero-order valence-corrected chi connectivity index (χ0v) is 15.7. The van der Waals surface area contributed by atoms with Gasteiger partial charge in [-0.15, -0.1) is 10.2 Å². The molecule has 2 aromatic carbocycles. The Morgan fingerprint density at radius 2 is 1.76 bits per heavy atom. The number of thioether (sulfide) groups is 1. The number of amides is 1. The van der Waals surface area contributed by atoms with E-state index in [0.29, 0.717) is 11.3 Å². The lowest BCUT2D eigenvalue weighted by molar-refractivity contribution is -0.385. The molecule has 1 heterocycles. The van der Waals surface area contributed by atoms with Crippen molar-refractivity contribution in [2.24, 2.45) is 0 Å². The van der Waals surface area contributed by atoms with Crippen LogP contribution in [0.15, 0.2) is 52.1 Å². The standard InChI is InChI=1S/C17H13N5O6S/c1-10-12(6-4-8-13(10)21(24)25)18-15(23)9-29-17-20-19-16(28-17)11-5-2-3-7-14(11)22(26)27/h2-8H,9H2,1H3,(H,18,23). The van der Waals surface area contributed by atoms with Gasteiger partial charge in [-0.25, -0.2) is 0 Å². The average Bonchev–Trinajstić information content (AvgIpc) is 3.16. The first kappa shape index (κ1) is 19.9. The summed E-state index contributed by atoms with van der Waals surface area (Å²) in [6.45, 7) is 1.54. The van der Waals surface area contributed by atoms with E-state index in [0.717, 1.165) is 11.8 Å². The van der Waals surface area contributed by atoms with Crippen LogP contribution in [0, 0.1) is 27.2 Å². The van der Waals surface area contributed by atoms with Gasteiger partial charge in [0.15, 0.2) is 0 Å². The van der Waals surface area contributed by atoms with E-state index in [4.69, 9.17) is 4.42 Å². The van der Waals surface area contributed by atoms with Gasteiger partial charge in [-0.2, -0.15) is 0 Å². The predicted octanol–water partition coefficient (Wildman–Crippen LogP) is 3.59. The molecule has 0 aliphatic rings. The zero-order valence-electron chi connectivity index (χ0n) is 14.9. The number of anilines is 1. The molecule has 1 N–H and O–H groups in total. The largest absolute Gasteiger partial charge is 0.411 e. The number of rotatable bonds is 7. The third kappa shape index (κ3) is 4.55. The van der Waals surface area contributed by atoms with Crippen LogP contribution >= 0.6 is 11.8 Å². The molecule has 148 valence electrons. The molecule has 1 aromatic heterocycles. The molecular weight excluding hydrogens is 402 g/mol. The quantitative estimate of drug-likeness (QED) is 0.346. The van der Waals surface area contributed by atoms with Crippen LogP contribution in [0.3, 0.4) is 0 Å². The minimum absolute atomic E-state index is 0.0327. The summed E-state index contributed by atoms with van der Waals surface area (Å²) < 4.78 is 5.40. The highest BCUT2D eigenvalue weighted by Gasteiger charge is 2.20. The van der Waals surface area contributed by atoms with E-state index < -0.39 is 15.8 Å². The summed E-state index contributed by atoms with van der Waals surface area (Å²) >= 11 is 0.938. The number of hydrogen-bond acceptors (Lipinski definition) is 9. The van der Waals surface area contributed by atoms with Crippen molar-refractivity contribution in [3.05, 3.63) is 68.3 Å². The Kier molecular flexibility index (Phi) is 5.83. The van der Waals surface area contributed by atoms with Crippen LogP contribution in [0.5, 0.6) is 0 Å². The van der Waals surface area contributed by atoms with E-state index >= 15 is 0 Å². The minimum atomic E-state index is -0.554. The summed E-state index contributed by atoms with van der Waals surface area (Å²) in [4.78, 5) is 33.2. The van der Waals surface area contributed by atoms with Gasteiger partial charge in [0.05, 0.1) is 26.9 Å². The topological polar surface area (TPSA) is 154 Å². The van der Waals surface area contributed by atoms with Gasteiger partial charge in [0.25, 0.3) is 22.5 Å². The van der Waals surface area contributed by atoms with Gasteiger partial charge < -0.3 is 9.73 Å². The Bertz CT molecular complexity index is 1100. The third-order valence-corrected chi connectivity index (χ3v) is 4.66. The first-order valence-electron chi connectivity index (χ1n) is 8.10. The molecular formula is C17H13N5O6S. The van der Waals surface area contributed by atoms with E-state index in [1.807, 2.05) is 0 Å². The number of para-hydroxylation sites is 1. The van der Waals surface area contributed by atoms with Crippen LogP contribution in [-0.2, 0) is 4.79 Å². The molecule has 1 amide bonds. The molecule has 0 aliphatic heterocycles. The first-order valence-corrected chi connectivity index (χ1v) is 9.09. The Balaban J connectivity index is 1.66. The molecule has 29 heavy (non-hydrogen) atoms. The molecule has 3 rings (SSSR count). The van der Waals surface area contributed by atoms with Gasteiger partial charge in [0.2, 0.25) is 5.91 Å². The maximum atomic E-state index is 12.2. The summed E-state index contributed by atoms with van der Waals surface area (Å²) in [5.41, 5.74) is 0.574. The third-order valence-electron chi connectivity index (χ3n) is 3.84. The van der Waals surface area contributed by atoms with Gasteiger partial charge in [-0.05, 0) is 19.1 Å². The van der Waals surface area contributed by atoms with Crippen molar-refractivity contribution in [2.75, 3.05) is 11.1 Å².